The number of nitrogens with one attached hydrogen (secondary N) is 1. The van der Waals surface area contributed by atoms with Gasteiger partial charge in [-0.1, -0.05) is 12.1 Å². The van der Waals surface area contributed by atoms with E-state index in [1.54, 1.807) is 6.07 Å². The molecule has 0 saturated carbocycles. The molecule has 0 atom stereocenters. The maximum absolute atomic E-state index is 11.1. The van der Waals surface area contributed by atoms with Crippen LogP contribution >= 0.6 is 24.2 Å². The van der Waals surface area contributed by atoms with Gasteiger partial charge in [0.05, 0.1) is 19.4 Å². The Hall–Kier alpha value is -1.24. The van der Waals surface area contributed by atoms with E-state index < -0.39 is 0 Å². The van der Waals surface area contributed by atoms with E-state index in [9.17, 15) is 9.59 Å². The van der Waals surface area contributed by atoms with Crippen molar-refractivity contribution in [3.8, 4) is 0 Å². The average Bonchev–Trinajstić information content (AvgIpc) is 2.38. The fraction of sp³-hybridized carbons (Fsp3) is 0.333. The Morgan fingerprint density at radius 2 is 2.16 bits per heavy atom. The molecule has 0 radical (unpaired) electrons. The number of carbonyl (C=O) groups is 2. The van der Waals surface area contributed by atoms with Crippen molar-refractivity contribution in [3.05, 3.63) is 29.8 Å². The number of halogens is 1. The minimum absolute atomic E-state index is 0. The topological polar surface area (TPSA) is 81.4 Å². The van der Waals surface area contributed by atoms with Gasteiger partial charge in [0.25, 0.3) is 0 Å². The van der Waals surface area contributed by atoms with Crippen LogP contribution in [0.3, 0.4) is 0 Å². The highest BCUT2D eigenvalue weighted by molar-refractivity contribution is 7.99. The van der Waals surface area contributed by atoms with Crippen molar-refractivity contribution in [2.24, 2.45) is 5.73 Å². The molecule has 0 aliphatic carbocycles. The van der Waals surface area contributed by atoms with E-state index in [2.05, 4.69) is 10.1 Å². The molecule has 7 heteroatoms. The van der Waals surface area contributed by atoms with Gasteiger partial charge in [-0.2, -0.15) is 0 Å². The second-order valence-electron chi connectivity index (χ2n) is 3.52. The van der Waals surface area contributed by atoms with Crippen molar-refractivity contribution in [3.63, 3.8) is 0 Å². The summed E-state index contributed by atoms with van der Waals surface area (Å²) in [6.45, 7) is -0.0404. The van der Waals surface area contributed by atoms with Crippen LogP contribution in [0.15, 0.2) is 24.3 Å². The molecular weight excluding hydrogens is 288 g/mol. The van der Waals surface area contributed by atoms with Gasteiger partial charge in [0.15, 0.2) is 0 Å². The van der Waals surface area contributed by atoms with Crippen molar-refractivity contribution in [1.29, 1.82) is 0 Å². The lowest BCUT2D eigenvalue weighted by Crippen LogP contribution is -2.21. The lowest BCUT2D eigenvalue weighted by atomic mass is 10.2. The van der Waals surface area contributed by atoms with Crippen LogP contribution in [-0.4, -0.2) is 31.3 Å². The SMILES string of the molecule is COC(=O)CSCc1cccc(NC(=O)CN)c1.Cl. The van der Waals surface area contributed by atoms with Crippen LogP contribution in [0.25, 0.3) is 0 Å². The minimum Gasteiger partial charge on any atom is -0.468 e. The first-order valence-electron chi connectivity index (χ1n) is 5.39. The number of hydrogen-bond acceptors (Lipinski definition) is 5. The van der Waals surface area contributed by atoms with Crippen molar-refractivity contribution in [1.82, 2.24) is 0 Å². The third-order valence-electron chi connectivity index (χ3n) is 2.11. The minimum atomic E-state index is -0.243. The van der Waals surface area contributed by atoms with Crippen molar-refractivity contribution >= 4 is 41.7 Å². The van der Waals surface area contributed by atoms with E-state index in [0.29, 0.717) is 17.2 Å². The summed E-state index contributed by atoms with van der Waals surface area (Å²) in [6, 6.07) is 7.43. The molecule has 1 aromatic rings. The predicted octanol–water partition coefficient (Wildman–Crippen LogP) is 1.41. The van der Waals surface area contributed by atoms with Gasteiger partial charge in [-0.05, 0) is 17.7 Å². The van der Waals surface area contributed by atoms with Gasteiger partial charge in [-0.3, -0.25) is 9.59 Å². The fourth-order valence-corrected chi connectivity index (χ4v) is 2.06. The van der Waals surface area contributed by atoms with Crippen LogP contribution in [0.1, 0.15) is 5.56 Å². The normalized spacial score (nSPS) is 9.37. The number of esters is 1. The Labute approximate surface area is 122 Å². The van der Waals surface area contributed by atoms with Gasteiger partial charge in [0.1, 0.15) is 0 Å². The molecule has 19 heavy (non-hydrogen) atoms. The van der Waals surface area contributed by atoms with Crippen molar-refractivity contribution in [2.45, 2.75) is 5.75 Å². The number of nitrogens with two attached hydrogens (primary N) is 1. The summed E-state index contributed by atoms with van der Waals surface area (Å²) in [6.07, 6.45) is 0. The van der Waals surface area contributed by atoms with Crippen molar-refractivity contribution in [2.75, 3.05) is 24.7 Å². The number of carbonyl (C=O) groups excluding carboxylic acids is 2. The molecule has 0 aliphatic rings. The maximum Gasteiger partial charge on any atom is 0.315 e. The monoisotopic (exact) mass is 304 g/mol. The lowest BCUT2D eigenvalue weighted by Gasteiger charge is -2.06. The Bertz CT molecular complexity index is 429. The van der Waals surface area contributed by atoms with Gasteiger partial charge in [0, 0.05) is 11.4 Å². The number of thioether (sulfide) groups is 1. The molecule has 0 aliphatic heterocycles. The van der Waals surface area contributed by atoms with E-state index in [0.717, 1.165) is 5.56 Å². The zero-order valence-electron chi connectivity index (χ0n) is 10.5. The zero-order valence-corrected chi connectivity index (χ0v) is 12.2. The van der Waals surface area contributed by atoms with Crippen LogP contribution < -0.4 is 11.1 Å². The van der Waals surface area contributed by atoms with E-state index in [4.69, 9.17) is 5.73 Å². The fourth-order valence-electron chi connectivity index (χ4n) is 1.26. The van der Waals surface area contributed by atoms with Gasteiger partial charge >= 0.3 is 5.97 Å². The molecule has 1 rings (SSSR count). The Morgan fingerprint density at radius 3 is 2.79 bits per heavy atom. The molecule has 3 N–H and O–H groups in total. The summed E-state index contributed by atoms with van der Waals surface area (Å²) in [5.41, 5.74) is 6.96. The number of ether oxygens (including phenoxy) is 1. The summed E-state index contributed by atoms with van der Waals surface area (Å²) in [5.74, 6) is 0.527. The molecule has 5 nitrogen and oxygen atoms in total. The first-order valence-corrected chi connectivity index (χ1v) is 6.54. The number of hydrogen-bond donors (Lipinski definition) is 2. The number of benzene rings is 1. The maximum atomic E-state index is 11.1. The molecule has 0 saturated heterocycles. The molecule has 0 spiro atoms. The quantitative estimate of drug-likeness (QED) is 0.777. The Balaban J connectivity index is 0.00000324. The van der Waals surface area contributed by atoms with Crippen LogP contribution in [0, 0.1) is 0 Å². The van der Waals surface area contributed by atoms with Gasteiger partial charge < -0.3 is 15.8 Å². The smallest absolute Gasteiger partial charge is 0.315 e. The van der Waals surface area contributed by atoms with E-state index in [1.807, 2.05) is 18.2 Å². The first-order chi connectivity index (χ1) is 8.65. The standard InChI is InChI=1S/C12H16N2O3S.ClH/c1-17-12(16)8-18-7-9-3-2-4-10(5-9)14-11(15)6-13;/h2-5H,6-8,13H2,1H3,(H,14,15);1H. The summed E-state index contributed by atoms with van der Waals surface area (Å²) in [4.78, 5) is 22.1. The molecule has 0 unspecified atom stereocenters. The molecular formula is C12H17ClN2O3S. The largest absolute Gasteiger partial charge is 0.468 e. The second-order valence-corrected chi connectivity index (χ2v) is 4.51. The number of anilines is 1. The lowest BCUT2D eigenvalue weighted by molar-refractivity contribution is -0.137. The summed E-state index contributed by atoms with van der Waals surface area (Å²) in [7, 11) is 1.37. The third-order valence-corrected chi connectivity index (χ3v) is 3.09. The molecule has 0 heterocycles. The Morgan fingerprint density at radius 1 is 1.42 bits per heavy atom. The highest BCUT2D eigenvalue weighted by Crippen LogP contribution is 2.16. The van der Waals surface area contributed by atoms with Gasteiger partial charge in [0.2, 0.25) is 5.91 Å². The summed E-state index contributed by atoms with van der Waals surface area (Å²) in [5, 5.41) is 2.68. The van der Waals surface area contributed by atoms with E-state index in [1.165, 1.54) is 18.9 Å². The summed E-state index contributed by atoms with van der Waals surface area (Å²) < 4.78 is 4.55. The van der Waals surface area contributed by atoms with Crippen LogP contribution in [-0.2, 0) is 20.1 Å². The average molecular weight is 305 g/mol. The van der Waals surface area contributed by atoms with Crippen molar-refractivity contribution < 1.29 is 14.3 Å². The molecule has 0 aromatic heterocycles. The zero-order chi connectivity index (χ0) is 13.4. The van der Waals surface area contributed by atoms with Crippen LogP contribution in [0.5, 0.6) is 0 Å². The molecule has 0 bridgehead atoms. The first kappa shape index (κ1) is 17.8. The predicted molar refractivity (Wildman–Crippen MR) is 79.6 cm³/mol. The van der Waals surface area contributed by atoms with Crippen LogP contribution in [0.2, 0.25) is 0 Å². The molecule has 106 valence electrons. The number of rotatable bonds is 6. The second kappa shape index (κ2) is 9.66. The molecule has 1 aromatic carbocycles. The van der Waals surface area contributed by atoms with Gasteiger partial charge in [-0.15, -0.1) is 24.2 Å². The number of amides is 1. The Kier molecular flexibility index (Phi) is 9.03. The summed E-state index contributed by atoms with van der Waals surface area (Å²) >= 11 is 1.46. The molecule has 1 amide bonds. The van der Waals surface area contributed by atoms with E-state index in [-0.39, 0.29) is 30.8 Å². The molecule has 0 fully saturated rings. The highest BCUT2D eigenvalue weighted by Gasteiger charge is 2.03. The van der Waals surface area contributed by atoms with Crippen LogP contribution in [0.4, 0.5) is 5.69 Å². The third kappa shape index (κ3) is 7.05. The highest BCUT2D eigenvalue weighted by atomic mass is 35.5. The van der Waals surface area contributed by atoms with E-state index >= 15 is 0 Å². The number of methoxy groups -OCH3 is 1. The van der Waals surface area contributed by atoms with Gasteiger partial charge in [-0.25, -0.2) is 0 Å².